The lowest BCUT2D eigenvalue weighted by Crippen LogP contribution is -2.33. The first-order valence-electron chi connectivity index (χ1n) is 6.50. The van der Waals surface area contributed by atoms with Gasteiger partial charge in [0, 0.05) is 36.7 Å². The lowest BCUT2D eigenvalue weighted by atomic mass is 10.1. The molecule has 2 aromatic rings. The van der Waals surface area contributed by atoms with Crippen molar-refractivity contribution in [2.24, 2.45) is 0 Å². The lowest BCUT2D eigenvalue weighted by Gasteiger charge is -2.20. The second kappa shape index (κ2) is 6.73. The molecule has 0 fully saturated rings. The number of rotatable bonds is 6. The van der Waals surface area contributed by atoms with E-state index in [1.54, 1.807) is 23.1 Å². The quantitative estimate of drug-likeness (QED) is 0.817. The third-order valence-corrected chi connectivity index (χ3v) is 3.02. The fourth-order valence-corrected chi connectivity index (χ4v) is 2.02. The van der Waals surface area contributed by atoms with Crippen molar-refractivity contribution in [2.45, 2.75) is 0 Å². The van der Waals surface area contributed by atoms with E-state index < -0.39 is 0 Å². The second-order valence-corrected chi connectivity index (χ2v) is 4.40. The number of aromatic nitrogens is 1. The van der Waals surface area contributed by atoms with E-state index in [1.165, 1.54) is 0 Å². The molecule has 0 unspecified atom stereocenters. The molecule has 1 aromatic carbocycles. The van der Waals surface area contributed by atoms with Gasteiger partial charge in [-0.3, -0.25) is 4.79 Å². The summed E-state index contributed by atoms with van der Waals surface area (Å²) in [6, 6.07) is 11.3. The molecular weight excluding hydrogens is 252 g/mol. The van der Waals surface area contributed by atoms with E-state index in [0.29, 0.717) is 18.7 Å². The highest BCUT2D eigenvalue weighted by Crippen LogP contribution is 2.12. The molecule has 1 heterocycles. The fraction of sp³-hybridized carbons (Fsp3) is 0.188. The molecule has 0 aliphatic rings. The normalized spacial score (nSPS) is 10.2. The molecule has 0 aliphatic heterocycles. The van der Waals surface area contributed by atoms with Crippen molar-refractivity contribution in [3.05, 3.63) is 67.0 Å². The Morgan fingerprint density at radius 2 is 1.90 bits per heavy atom. The van der Waals surface area contributed by atoms with E-state index in [-0.39, 0.29) is 12.5 Å². The summed E-state index contributed by atoms with van der Waals surface area (Å²) >= 11 is 0. The molecule has 4 nitrogen and oxygen atoms in total. The summed E-state index contributed by atoms with van der Waals surface area (Å²) in [5.74, 6) is -0.0991. The topological polar surface area (TPSA) is 45.5 Å². The Morgan fingerprint density at radius 3 is 2.45 bits per heavy atom. The molecule has 0 saturated heterocycles. The van der Waals surface area contributed by atoms with Gasteiger partial charge in [-0.15, -0.1) is 6.58 Å². The Kier molecular flexibility index (Phi) is 4.74. The number of hydrogen-bond donors (Lipinski definition) is 1. The summed E-state index contributed by atoms with van der Waals surface area (Å²) in [4.78, 5) is 13.8. The summed E-state index contributed by atoms with van der Waals surface area (Å²) in [6.45, 7) is 4.31. The van der Waals surface area contributed by atoms with Crippen molar-refractivity contribution in [1.29, 1.82) is 0 Å². The molecule has 0 radical (unpaired) electrons. The molecule has 0 aliphatic carbocycles. The van der Waals surface area contributed by atoms with E-state index in [9.17, 15) is 4.79 Å². The van der Waals surface area contributed by atoms with E-state index in [1.807, 2.05) is 41.2 Å². The van der Waals surface area contributed by atoms with E-state index in [2.05, 4.69) is 6.58 Å². The summed E-state index contributed by atoms with van der Waals surface area (Å²) in [5, 5.41) is 9.00. The SMILES string of the molecule is C=CCN(CCO)C(=O)c1ccc(-n2cccc2)cc1. The molecular formula is C16H18N2O2. The van der Waals surface area contributed by atoms with Gasteiger partial charge in [0.2, 0.25) is 0 Å². The molecule has 0 saturated carbocycles. The fourth-order valence-electron chi connectivity index (χ4n) is 2.02. The number of aliphatic hydroxyl groups is 1. The van der Waals surface area contributed by atoms with Crippen LogP contribution in [0.5, 0.6) is 0 Å². The van der Waals surface area contributed by atoms with Crippen LogP contribution < -0.4 is 0 Å². The standard InChI is InChI=1S/C16H18N2O2/c1-2-9-18(12-13-19)16(20)14-5-7-15(8-6-14)17-10-3-4-11-17/h2-8,10-11,19H,1,9,12-13H2. The predicted octanol–water partition coefficient (Wildman–Crippen LogP) is 2.10. The second-order valence-electron chi connectivity index (χ2n) is 4.40. The van der Waals surface area contributed by atoms with Crippen LogP contribution in [0.3, 0.4) is 0 Å². The minimum atomic E-state index is -0.0991. The van der Waals surface area contributed by atoms with Crippen LogP contribution in [0.1, 0.15) is 10.4 Å². The Bertz CT molecular complexity index is 559. The predicted molar refractivity (Wildman–Crippen MR) is 79.0 cm³/mol. The molecule has 1 aromatic heterocycles. The van der Waals surface area contributed by atoms with Crippen molar-refractivity contribution in [2.75, 3.05) is 19.7 Å². The highest BCUT2D eigenvalue weighted by Gasteiger charge is 2.13. The van der Waals surface area contributed by atoms with Gasteiger partial charge in [0.15, 0.2) is 0 Å². The van der Waals surface area contributed by atoms with Crippen LogP contribution >= 0.6 is 0 Å². The monoisotopic (exact) mass is 270 g/mol. The van der Waals surface area contributed by atoms with Gasteiger partial charge in [-0.1, -0.05) is 6.08 Å². The largest absolute Gasteiger partial charge is 0.395 e. The van der Waals surface area contributed by atoms with Crippen LogP contribution in [0.2, 0.25) is 0 Å². The first-order chi connectivity index (χ1) is 9.76. The molecule has 1 amide bonds. The van der Waals surface area contributed by atoms with Crippen LogP contribution in [-0.4, -0.2) is 40.2 Å². The van der Waals surface area contributed by atoms with Crippen molar-refractivity contribution >= 4 is 5.91 Å². The van der Waals surface area contributed by atoms with Crippen LogP contribution in [-0.2, 0) is 0 Å². The third-order valence-electron chi connectivity index (χ3n) is 3.02. The number of aliphatic hydroxyl groups excluding tert-OH is 1. The van der Waals surface area contributed by atoms with Crippen molar-refractivity contribution in [1.82, 2.24) is 9.47 Å². The molecule has 0 spiro atoms. The summed E-state index contributed by atoms with van der Waals surface area (Å²) in [6.07, 6.45) is 5.56. The van der Waals surface area contributed by atoms with Crippen LogP contribution in [0.15, 0.2) is 61.4 Å². The van der Waals surface area contributed by atoms with Gasteiger partial charge >= 0.3 is 0 Å². The van der Waals surface area contributed by atoms with Crippen molar-refractivity contribution in [3.63, 3.8) is 0 Å². The zero-order valence-electron chi connectivity index (χ0n) is 11.3. The Morgan fingerprint density at radius 1 is 1.25 bits per heavy atom. The molecule has 104 valence electrons. The number of carbonyl (C=O) groups excluding carboxylic acids is 1. The van der Waals surface area contributed by atoms with Gasteiger partial charge in [0.05, 0.1) is 6.61 Å². The van der Waals surface area contributed by atoms with Gasteiger partial charge in [-0.25, -0.2) is 0 Å². The Hall–Kier alpha value is -2.33. The lowest BCUT2D eigenvalue weighted by molar-refractivity contribution is 0.0743. The van der Waals surface area contributed by atoms with Crippen LogP contribution in [0.25, 0.3) is 5.69 Å². The minimum Gasteiger partial charge on any atom is -0.395 e. The Balaban J connectivity index is 2.16. The van der Waals surface area contributed by atoms with Crippen molar-refractivity contribution < 1.29 is 9.90 Å². The maximum atomic E-state index is 12.3. The van der Waals surface area contributed by atoms with Crippen molar-refractivity contribution in [3.8, 4) is 5.69 Å². The van der Waals surface area contributed by atoms with E-state index in [0.717, 1.165) is 5.69 Å². The first-order valence-corrected chi connectivity index (χ1v) is 6.50. The van der Waals surface area contributed by atoms with Gasteiger partial charge in [0.25, 0.3) is 5.91 Å². The zero-order chi connectivity index (χ0) is 14.4. The minimum absolute atomic E-state index is 0.0545. The van der Waals surface area contributed by atoms with E-state index >= 15 is 0 Å². The average Bonchev–Trinajstić information content (AvgIpc) is 3.01. The third kappa shape index (κ3) is 3.16. The molecule has 4 heteroatoms. The molecule has 20 heavy (non-hydrogen) atoms. The number of hydrogen-bond acceptors (Lipinski definition) is 2. The highest BCUT2D eigenvalue weighted by atomic mass is 16.3. The smallest absolute Gasteiger partial charge is 0.254 e. The molecule has 1 N–H and O–H groups in total. The number of nitrogens with zero attached hydrogens (tertiary/aromatic N) is 2. The summed E-state index contributed by atoms with van der Waals surface area (Å²) in [5.41, 5.74) is 1.61. The maximum Gasteiger partial charge on any atom is 0.254 e. The summed E-state index contributed by atoms with van der Waals surface area (Å²) in [7, 11) is 0. The first kappa shape index (κ1) is 14.1. The molecule has 2 rings (SSSR count). The Labute approximate surface area is 118 Å². The van der Waals surface area contributed by atoms with Gasteiger partial charge in [-0.05, 0) is 36.4 Å². The van der Waals surface area contributed by atoms with Crippen LogP contribution in [0.4, 0.5) is 0 Å². The number of carbonyl (C=O) groups is 1. The van der Waals surface area contributed by atoms with Gasteiger partial charge in [-0.2, -0.15) is 0 Å². The molecule has 0 atom stereocenters. The average molecular weight is 270 g/mol. The van der Waals surface area contributed by atoms with E-state index in [4.69, 9.17) is 5.11 Å². The summed E-state index contributed by atoms with van der Waals surface area (Å²) < 4.78 is 1.98. The van der Waals surface area contributed by atoms with Gasteiger partial charge in [0.1, 0.15) is 0 Å². The number of benzene rings is 1. The zero-order valence-corrected chi connectivity index (χ0v) is 11.3. The highest BCUT2D eigenvalue weighted by molar-refractivity contribution is 5.94. The molecule has 0 bridgehead atoms. The van der Waals surface area contributed by atoms with Gasteiger partial charge < -0.3 is 14.6 Å². The maximum absolute atomic E-state index is 12.3. The van der Waals surface area contributed by atoms with Crippen LogP contribution in [0, 0.1) is 0 Å². The number of amides is 1.